The predicted octanol–water partition coefficient (Wildman–Crippen LogP) is 5.99. The zero-order chi connectivity index (χ0) is 19.2. The lowest BCUT2D eigenvalue weighted by Gasteiger charge is -2.12. The van der Waals surface area contributed by atoms with Crippen LogP contribution in [-0.4, -0.2) is 11.6 Å². The number of hydrogen-bond acceptors (Lipinski definition) is 3. The first kappa shape index (κ1) is 18.8. The van der Waals surface area contributed by atoms with Gasteiger partial charge in [0, 0.05) is 33.1 Å². The second kappa shape index (κ2) is 8.60. The Hall–Kier alpha value is -2.98. The molecule has 0 bridgehead atoms. The van der Waals surface area contributed by atoms with Gasteiger partial charge in [0.2, 0.25) is 0 Å². The highest BCUT2D eigenvalue weighted by Crippen LogP contribution is 2.22. The van der Waals surface area contributed by atoms with Gasteiger partial charge in [-0.2, -0.15) is 0 Å². The molecule has 3 rings (SSSR count). The lowest BCUT2D eigenvalue weighted by atomic mass is 10.1. The van der Waals surface area contributed by atoms with Crippen molar-refractivity contribution in [1.29, 1.82) is 0 Å². The number of carbonyl (C=O) groups excluding carboxylic acids is 2. The van der Waals surface area contributed by atoms with E-state index in [1.807, 2.05) is 60.7 Å². The van der Waals surface area contributed by atoms with Gasteiger partial charge in [0.15, 0.2) is 11.6 Å². The summed E-state index contributed by atoms with van der Waals surface area (Å²) >= 11 is 3.43. The standard InChI is InChI=1S/C23H18BrNO2/c1-16(26)17-11-13-19(14-12-17)25-22(18-7-3-2-4-8-18)15-23(27)20-9-5-6-10-21(20)24/h2-15,25H,1H3/b22-15-. The summed E-state index contributed by atoms with van der Waals surface area (Å²) in [6.45, 7) is 1.54. The van der Waals surface area contributed by atoms with E-state index < -0.39 is 0 Å². The van der Waals surface area contributed by atoms with Gasteiger partial charge in [-0.05, 0) is 48.9 Å². The van der Waals surface area contributed by atoms with Crippen LogP contribution in [0.4, 0.5) is 5.69 Å². The minimum atomic E-state index is -0.103. The third-order valence-corrected chi connectivity index (χ3v) is 4.76. The number of hydrogen-bond donors (Lipinski definition) is 1. The van der Waals surface area contributed by atoms with E-state index in [0.29, 0.717) is 16.8 Å². The molecule has 0 heterocycles. The molecular weight excluding hydrogens is 402 g/mol. The Morgan fingerprint density at radius 3 is 2.07 bits per heavy atom. The lowest BCUT2D eigenvalue weighted by Crippen LogP contribution is -2.04. The third kappa shape index (κ3) is 4.80. The monoisotopic (exact) mass is 419 g/mol. The quantitative estimate of drug-likeness (QED) is 0.394. The fraction of sp³-hybridized carbons (Fsp3) is 0.0435. The van der Waals surface area contributed by atoms with E-state index >= 15 is 0 Å². The van der Waals surface area contributed by atoms with Gasteiger partial charge in [0.05, 0.1) is 0 Å². The molecule has 1 N–H and O–H groups in total. The normalized spacial score (nSPS) is 11.1. The minimum Gasteiger partial charge on any atom is -0.355 e. The number of carbonyl (C=O) groups is 2. The van der Waals surface area contributed by atoms with E-state index in [0.717, 1.165) is 15.7 Å². The maximum absolute atomic E-state index is 12.8. The largest absolute Gasteiger partial charge is 0.355 e. The Morgan fingerprint density at radius 1 is 0.815 bits per heavy atom. The highest BCUT2D eigenvalue weighted by molar-refractivity contribution is 9.10. The molecule has 0 amide bonds. The molecule has 0 fully saturated rings. The zero-order valence-corrected chi connectivity index (χ0v) is 16.4. The Morgan fingerprint density at radius 2 is 1.44 bits per heavy atom. The molecule has 134 valence electrons. The molecule has 0 atom stereocenters. The Balaban J connectivity index is 1.95. The second-order valence-corrected chi connectivity index (χ2v) is 6.88. The van der Waals surface area contributed by atoms with Crippen LogP contribution in [0.5, 0.6) is 0 Å². The van der Waals surface area contributed by atoms with Gasteiger partial charge < -0.3 is 5.32 Å². The van der Waals surface area contributed by atoms with Crippen molar-refractivity contribution in [2.24, 2.45) is 0 Å². The highest BCUT2D eigenvalue weighted by atomic mass is 79.9. The summed E-state index contributed by atoms with van der Waals surface area (Å²) in [7, 11) is 0. The fourth-order valence-electron chi connectivity index (χ4n) is 2.62. The van der Waals surface area contributed by atoms with E-state index in [9.17, 15) is 9.59 Å². The van der Waals surface area contributed by atoms with Crippen molar-refractivity contribution in [1.82, 2.24) is 0 Å². The summed E-state index contributed by atoms with van der Waals surface area (Å²) in [5.41, 5.74) is 3.63. The summed E-state index contributed by atoms with van der Waals surface area (Å²) in [6.07, 6.45) is 1.59. The van der Waals surface area contributed by atoms with Gasteiger partial charge in [-0.3, -0.25) is 9.59 Å². The Labute approximate surface area is 166 Å². The van der Waals surface area contributed by atoms with Gasteiger partial charge in [-0.1, -0.05) is 58.4 Å². The maximum atomic E-state index is 12.8. The Bertz CT molecular complexity index is 992. The molecule has 3 aromatic rings. The maximum Gasteiger partial charge on any atom is 0.189 e. The van der Waals surface area contributed by atoms with E-state index in [-0.39, 0.29) is 11.6 Å². The van der Waals surface area contributed by atoms with Crippen LogP contribution in [0.1, 0.15) is 33.2 Å². The number of benzene rings is 3. The number of nitrogens with one attached hydrogen (secondary N) is 1. The van der Waals surface area contributed by atoms with Gasteiger partial charge in [-0.25, -0.2) is 0 Å². The minimum absolute atomic E-state index is 0.0180. The number of Topliss-reactive ketones (excluding diaryl/α,β-unsaturated/α-hetero) is 1. The number of allylic oxidation sites excluding steroid dienone is 1. The highest BCUT2D eigenvalue weighted by Gasteiger charge is 2.10. The number of rotatable bonds is 6. The van der Waals surface area contributed by atoms with Crippen LogP contribution in [0.2, 0.25) is 0 Å². The first-order chi connectivity index (χ1) is 13.0. The average Bonchev–Trinajstić information content (AvgIpc) is 2.69. The van der Waals surface area contributed by atoms with Crippen molar-refractivity contribution in [3.8, 4) is 0 Å². The first-order valence-electron chi connectivity index (χ1n) is 8.48. The first-order valence-corrected chi connectivity index (χ1v) is 9.28. The third-order valence-electron chi connectivity index (χ3n) is 4.07. The van der Waals surface area contributed by atoms with Crippen LogP contribution in [0, 0.1) is 0 Å². The van der Waals surface area contributed by atoms with Crippen LogP contribution in [-0.2, 0) is 0 Å². The van der Waals surface area contributed by atoms with E-state index in [4.69, 9.17) is 0 Å². The second-order valence-electron chi connectivity index (χ2n) is 6.03. The van der Waals surface area contributed by atoms with Crippen molar-refractivity contribution in [3.05, 3.63) is 106 Å². The van der Waals surface area contributed by atoms with Crippen molar-refractivity contribution in [3.63, 3.8) is 0 Å². The molecular formula is C23H18BrNO2. The molecule has 27 heavy (non-hydrogen) atoms. The summed E-state index contributed by atoms with van der Waals surface area (Å²) < 4.78 is 0.754. The molecule has 0 aliphatic rings. The summed E-state index contributed by atoms with van der Waals surface area (Å²) in [6, 6.07) is 24.2. The zero-order valence-electron chi connectivity index (χ0n) is 14.8. The van der Waals surface area contributed by atoms with Gasteiger partial charge >= 0.3 is 0 Å². The summed E-state index contributed by atoms with van der Waals surface area (Å²) in [5.74, 6) is -0.0846. The summed E-state index contributed by atoms with van der Waals surface area (Å²) in [4.78, 5) is 24.2. The molecule has 4 heteroatoms. The van der Waals surface area contributed by atoms with Crippen LogP contribution < -0.4 is 5.32 Å². The number of halogens is 1. The number of ketones is 2. The molecule has 3 nitrogen and oxygen atoms in total. The Kier molecular flexibility index (Phi) is 5.99. The fourth-order valence-corrected chi connectivity index (χ4v) is 3.10. The van der Waals surface area contributed by atoms with Crippen molar-refractivity contribution < 1.29 is 9.59 Å². The van der Waals surface area contributed by atoms with Crippen LogP contribution in [0.25, 0.3) is 5.70 Å². The molecule has 0 saturated heterocycles. The van der Waals surface area contributed by atoms with Crippen LogP contribution in [0.15, 0.2) is 89.4 Å². The van der Waals surface area contributed by atoms with E-state index in [1.165, 1.54) is 6.92 Å². The molecule has 0 spiro atoms. The van der Waals surface area contributed by atoms with E-state index in [2.05, 4.69) is 21.2 Å². The van der Waals surface area contributed by atoms with Crippen LogP contribution >= 0.6 is 15.9 Å². The number of anilines is 1. The van der Waals surface area contributed by atoms with Crippen molar-refractivity contribution >= 4 is 38.9 Å². The van der Waals surface area contributed by atoms with Gasteiger partial charge in [-0.15, -0.1) is 0 Å². The van der Waals surface area contributed by atoms with Crippen molar-refractivity contribution in [2.75, 3.05) is 5.32 Å². The topological polar surface area (TPSA) is 46.2 Å². The van der Waals surface area contributed by atoms with Gasteiger partial charge in [0.1, 0.15) is 0 Å². The smallest absolute Gasteiger partial charge is 0.189 e. The molecule has 0 unspecified atom stereocenters. The summed E-state index contributed by atoms with van der Waals surface area (Å²) in [5, 5.41) is 3.30. The molecule has 0 aliphatic carbocycles. The molecule has 0 aromatic heterocycles. The van der Waals surface area contributed by atoms with E-state index in [1.54, 1.807) is 24.3 Å². The average molecular weight is 420 g/mol. The van der Waals surface area contributed by atoms with Gasteiger partial charge in [0.25, 0.3) is 0 Å². The molecule has 3 aromatic carbocycles. The lowest BCUT2D eigenvalue weighted by molar-refractivity contribution is 0.101. The molecule has 0 saturated carbocycles. The SMILES string of the molecule is CC(=O)c1ccc(N/C(=C\C(=O)c2ccccc2Br)c2ccccc2)cc1. The molecule has 0 aliphatic heterocycles. The van der Waals surface area contributed by atoms with Crippen LogP contribution in [0.3, 0.4) is 0 Å². The van der Waals surface area contributed by atoms with Crippen molar-refractivity contribution in [2.45, 2.75) is 6.92 Å². The molecule has 0 radical (unpaired) electrons. The predicted molar refractivity (Wildman–Crippen MR) is 113 cm³/mol.